The van der Waals surface area contributed by atoms with Gasteiger partial charge in [-0.25, -0.2) is 0 Å². The van der Waals surface area contributed by atoms with Gasteiger partial charge in [-0.2, -0.15) is 4.57 Å². The van der Waals surface area contributed by atoms with E-state index >= 15 is 4.57 Å². The molecule has 0 saturated heterocycles. The van der Waals surface area contributed by atoms with Gasteiger partial charge in [-0.05, 0) is 68.9 Å². The zero-order chi connectivity index (χ0) is 38.8. The van der Waals surface area contributed by atoms with E-state index in [1.807, 2.05) is 125 Å². The molecule has 50 heavy (non-hydrogen) atoms. The molecule has 3 N–H and O–H groups in total. The van der Waals surface area contributed by atoms with Crippen molar-refractivity contribution in [2.75, 3.05) is 0 Å². The van der Waals surface area contributed by atoms with E-state index < -0.39 is 40.3 Å². The maximum absolute atomic E-state index is 15.3. The zero-order valence-corrected chi connectivity index (χ0v) is 34.8. The summed E-state index contributed by atoms with van der Waals surface area (Å²) in [6.45, 7) is 35.8. The van der Waals surface area contributed by atoms with Crippen LogP contribution in [0.3, 0.4) is 0 Å². The van der Waals surface area contributed by atoms with Crippen molar-refractivity contribution in [1.82, 2.24) is 0 Å². The molecule has 0 radical (unpaired) electrons. The van der Waals surface area contributed by atoms with E-state index in [0.29, 0.717) is 33.4 Å². The number of hydrogen-bond acceptors (Lipinski definition) is 7. The Balaban J connectivity index is 2.40. The maximum Gasteiger partial charge on any atom is 0.647 e. The van der Waals surface area contributed by atoms with Crippen LogP contribution in [-0.2, 0) is 37.1 Å². The third-order valence-corrected chi connectivity index (χ3v) is 10.1. The van der Waals surface area contributed by atoms with Crippen molar-refractivity contribution in [3.63, 3.8) is 0 Å². The number of rotatable bonds is 6. The lowest BCUT2D eigenvalue weighted by Crippen LogP contribution is -2.19. The van der Waals surface area contributed by atoms with Crippen LogP contribution in [0.1, 0.15) is 158 Å². The van der Waals surface area contributed by atoms with Gasteiger partial charge in [-0.15, -0.1) is 0 Å². The van der Waals surface area contributed by atoms with E-state index in [1.165, 1.54) is 0 Å². The molecule has 0 amide bonds. The standard InChI is InChI=1S/C42H63O7P/c1-37(2,3)28-19-25(20-29(34(28)43)38(4,5)6)47-50(46,48-26-21-30(39(7,8)9)35(44)31(22-26)40(10,11)12)49-27-23-32(41(13,14)15)36(45)33(24-27)42(16,17)18/h19-24,43-45H,1-18H3. The largest absolute Gasteiger partial charge is 0.647 e. The molecule has 0 atom stereocenters. The molecule has 8 heteroatoms. The van der Waals surface area contributed by atoms with Crippen LogP contribution in [0.2, 0.25) is 0 Å². The summed E-state index contributed by atoms with van der Waals surface area (Å²) in [6.07, 6.45) is 0. The summed E-state index contributed by atoms with van der Waals surface area (Å²) in [5.41, 5.74) is 0.867. The van der Waals surface area contributed by atoms with Gasteiger partial charge in [-0.1, -0.05) is 125 Å². The first-order valence-electron chi connectivity index (χ1n) is 17.5. The number of phenols is 3. The van der Waals surface area contributed by atoms with Gasteiger partial charge in [0, 0.05) is 33.4 Å². The molecule has 0 heterocycles. The Bertz CT molecular complexity index is 1460. The number of phosphoric acid groups is 1. The summed E-state index contributed by atoms with van der Waals surface area (Å²) in [5.74, 6) is 1.08. The number of phenolic OH excluding ortho intramolecular Hbond substituents is 3. The van der Waals surface area contributed by atoms with Crippen LogP contribution in [-0.4, -0.2) is 15.3 Å². The predicted molar refractivity (Wildman–Crippen MR) is 206 cm³/mol. The first-order chi connectivity index (χ1) is 22.1. The Morgan fingerprint density at radius 3 is 0.620 bits per heavy atom. The summed E-state index contributed by atoms with van der Waals surface area (Å²) in [7, 11) is -4.61. The highest BCUT2D eigenvalue weighted by Gasteiger charge is 2.38. The molecule has 0 unspecified atom stereocenters. The molecule has 3 rings (SSSR count). The van der Waals surface area contributed by atoms with E-state index in [4.69, 9.17) is 13.6 Å². The van der Waals surface area contributed by atoms with Gasteiger partial charge in [0.05, 0.1) is 0 Å². The lowest BCUT2D eigenvalue weighted by Gasteiger charge is -2.30. The molecule has 3 aromatic carbocycles. The van der Waals surface area contributed by atoms with Gasteiger partial charge in [0.2, 0.25) is 0 Å². The van der Waals surface area contributed by atoms with Crippen LogP contribution >= 0.6 is 7.82 Å². The van der Waals surface area contributed by atoms with Crippen LogP contribution in [0.5, 0.6) is 34.5 Å². The van der Waals surface area contributed by atoms with E-state index in [9.17, 15) is 15.3 Å². The first-order valence-corrected chi connectivity index (χ1v) is 18.9. The highest BCUT2D eigenvalue weighted by atomic mass is 31.2. The number of hydrogen-bond donors (Lipinski definition) is 3. The summed E-state index contributed by atoms with van der Waals surface area (Å²) >= 11 is 0. The Morgan fingerprint density at radius 1 is 0.360 bits per heavy atom. The Hall–Kier alpha value is -3.31. The smallest absolute Gasteiger partial charge is 0.507 e. The fourth-order valence-electron chi connectivity index (χ4n) is 5.86. The monoisotopic (exact) mass is 710 g/mol. The molecule has 0 aliphatic carbocycles. The molecule has 0 bridgehead atoms. The maximum atomic E-state index is 15.3. The molecule has 3 aromatic rings. The summed E-state index contributed by atoms with van der Waals surface area (Å²) in [5, 5.41) is 34.2. The highest BCUT2D eigenvalue weighted by molar-refractivity contribution is 7.49. The van der Waals surface area contributed by atoms with E-state index in [1.54, 1.807) is 36.4 Å². The van der Waals surface area contributed by atoms with Gasteiger partial charge >= 0.3 is 7.82 Å². The minimum atomic E-state index is -4.61. The van der Waals surface area contributed by atoms with Gasteiger partial charge in [0.1, 0.15) is 34.5 Å². The van der Waals surface area contributed by atoms with Crippen molar-refractivity contribution >= 4 is 7.82 Å². The quantitative estimate of drug-likeness (QED) is 0.219. The van der Waals surface area contributed by atoms with Gasteiger partial charge in [-0.3, -0.25) is 0 Å². The molecule has 0 fully saturated rings. The average molecular weight is 711 g/mol. The second-order valence-electron chi connectivity index (χ2n) is 19.8. The summed E-state index contributed by atoms with van der Waals surface area (Å²) in [4.78, 5) is 0. The second kappa shape index (κ2) is 13.0. The van der Waals surface area contributed by atoms with Crippen LogP contribution in [0.4, 0.5) is 0 Å². The average Bonchev–Trinajstić information content (AvgIpc) is 2.87. The lowest BCUT2D eigenvalue weighted by molar-refractivity contribution is 0.295. The van der Waals surface area contributed by atoms with E-state index in [-0.39, 0.29) is 34.5 Å². The molecule has 7 nitrogen and oxygen atoms in total. The van der Waals surface area contributed by atoms with Gasteiger partial charge in [0.25, 0.3) is 0 Å². The van der Waals surface area contributed by atoms with Crippen LogP contribution in [0, 0.1) is 0 Å². The highest BCUT2D eigenvalue weighted by Crippen LogP contribution is 2.55. The first kappa shape index (κ1) is 41.1. The second-order valence-corrected chi connectivity index (χ2v) is 21.3. The molecule has 0 aromatic heterocycles. The SMILES string of the molecule is CC(C)(C)c1cc(OP(=O)(Oc2cc(C(C)(C)C)c(O)c(C(C)(C)C)c2)Oc2cc(C(C)(C)C)c(O)c(C(C)(C)C)c2)cc(C(C)(C)C)c1O. The van der Waals surface area contributed by atoms with E-state index in [2.05, 4.69) is 0 Å². The number of benzene rings is 3. The summed E-state index contributed by atoms with van der Waals surface area (Å²) < 4.78 is 34.4. The van der Waals surface area contributed by atoms with Crippen molar-refractivity contribution in [1.29, 1.82) is 0 Å². The zero-order valence-electron chi connectivity index (χ0n) is 33.9. The van der Waals surface area contributed by atoms with E-state index in [0.717, 1.165) is 0 Å². The Labute approximate surface area is 302 Å². The fourth-order valence-corrected chi connectivity index (χ4v) is 7.06. The molecule has 278 valence electrons. The predicted octanol–water partition coefficient (Wildman–Crippen LogP) is 12.2. The fraction of sp³-hybridized carbons (Fsp3) is 0.571. The molecule has 0 spiro atoms. The van der Waals surface area contributed by atoms with Crippen LogP contribution in [0.15, 0.2) is 36.4 Å². The van der Waals surface area contributed by atoms with Crippen molar-refractivity contribution in [3.8, 4) is 34.5 Å². The van der Waals surface area contributed by atoms with Crippen molar-refractivity contribution in [2.45, 2.75) is 157 Å². The van der Waals surface area contributed by atoms with Gasteiger partial charge < -0.3 is 28.9 Å². The molecule has 0 saturated carbocycles. The van der Waals surface area contributed by atoms with Crippen molar-refractivity contribution < 1.29 is 33.5 Å². The number of aromatic hydroxyl groups is 3. The minimum Gasteiger partial charge on any atom is -0.507 e. The molecular weight excluding hydrogens is 647 g/mol. The Morgan fingerprint density at radius 2 is 0.500 bits per heavy atom. The van der Waals surface area contributed by atoms with Crippen molar-refractivity contribution in [2.24, 2.45) is 0 Å². The molecule has 0 aliphatic rings. The van der Waals surface area contributed by atoms with Crippen LogP contribution < -0.4 is 13.6 Å². The summed E-state index contributed by atoms with van der Waals surface area (Å²) in [6, 6.07) is 10.1. The Kier molecular flexibility index (Phi) is 10.7. The molecule has 0 aliphatic heterocycles. The normalized spacial score (nSPS) is 13.7. The van der Waals surface area contributed by atoms with Gasteiger partial charge in [0.15, 0.2) is 0 Å². The molecular formula is C42H63O7P. The third kappa shape index (κ3) is 9.32. The van der Waals surface area contributed by atoms with Crippen molar-refractivity contribution in [3.05, 3.63) is 69.8 Å². The minimum absolute atomic E-state index is 0.153. The van der Waals surface area contributed by atoms with Crippen LogP contribution in [0.25, 0.3) is 0 Å². The third-order valence-electron chi connectivity index (χ3n) is 8.75. The number of phosphoric ester groups is 1. The topological polar surface area (TPSA) is 105 Å². The lowest BCUT2D eigenvalue weighted by atomic mass is 9.79.